The Morgan fingerprint density at radius 3 is 2.61 bits per heavy atom. The molecule has 1 N–H and O–H groups in total. The molecular formula is C15H12F3N3OS. The van der Waals surface area contributed by atoms with Crippen LogP contribution >= 0.6 is 11.3 Å². The van der Waals surface area contributed by atoms with Gasteiger partial charge in [-0.1, -0.05) is 5.92 Å². The van der Waals surface area contributed by atoms with E-state index in [0.29, 0.717) is 10.5 Å². The van der Waals surface area contributed by atoms with Crippen molar-refractivity contribution >= 4 is 17.4 Å². The molecule has 0 aliphatic carbocycles. The number of benzene rings is 1. The number of nitrogens with one attached hydrogen (secondary N) is 1. The van der Waals surface area contributed by atoms with Gasteiger partial charge in [-0.05, 0) is 31.2 Å². The lowest BCUT2D eigenvalue weighted by molar-refractivity contribution is -0.137. The Hall–Kier alpha value is -2.53. The van der Waals surface area contributed by atoms with Crippen LogP contribution in [-0.2, 0) is 6.18 Å². The van der Waals surface area contributed by atoms with Crippen molar-refractivity contribution in [1.29, 1.82) is 0 Å². The van der Waals surface area contributed by atoms with E-state index in [1.165, 1.54) is 23.5 Å². The quantitative estimate of drug-likeness (QED) is 0.840. The predicted octanol–water partition coefficient (Wildman–Crippen LogP) is 3.11. The Bertz CT molecular complexity index is 810. The molecule has 4 nitrogen and oxygen atoms in total. The van der Waals surface area contributed by atoms with E-state index in [9.17, 15) is 18.0 Å². The number of hydrogen-bond acceptors (Lipinski definition) is 2. The molecule has 0 saturated carbocycles. The highest BCUT2D eigenvalue weighted by molar-refractivity contribution is 7.09. The minimum Gasteiger partial charge on any atom is -0.325 e. The fourth-order valence-corrected chi connectivity index (χ4v) is 2.61. The number of rotatable bonds is 2. The molecule has 120 valence electrons. The highest BCUT2D eigenvalue weighted by Crippen LogP contribution is 2.29. The van der Waals surface area contributed by atoms with E-state index in [2.05, 4.69) is 16.2 Å². The number of halogens is 3. The minimum atomic E-state index is -4.39. The van der Waals surface area contributed by atoms with Gasteiger partial charge in [0.25, 0.3) is 0 Å². The molecule has 0 aliphatic heterocycles. The van der Waals surface area contributed by atoms with Gasteiger partial charge in [-0.25, -0.2) is 4.79 Å². The first-order chi connectivity index (χ1) is 10.8. The number of carbonyl (C=O) groups excluding carboxylic acids is 1. The van der Waals surface area contributed by atoms with Crippen LogP contribution in [0.5, 0.6) is 0 Å². The minimum absolute atomic E-state index is 0.0486. The van der Waals surface area contributed by atoms with E-state index in [1.807, 2.05) is 6.92 Å². The zero-order valence-electron chi connectivity index (χ0n) is 12.0. The summed E-state index contributed by atoms with van der Waals surface area (Å²) in [5.41, 5.74) is -0.259. The van der Waals surface area contributed by atoms with Crippen LogP contribution < -0.4 is 10.1 Å². The van der Waals surface area contributed by atoms with Crippen molar-refractivity contribution in [2.45, 2.75) is 13.1 Å². The van der Waals surface area contributed by atoms with E-state index >= 15 is 0 Å². The number of carbonyl (C=O) groups is 1. The number of aromatic nitrogens is 1. The summed E-state index contributed by atoms with van der Waals surface area (Å²) in [4.78, 5) is 16.7. The molecule has 0 saturated heterocycles. The van der Waals surface area contributed by atoms with Crippen molar-refractivity contribution in [2.75, 3.05) is 6.54 Å². The van der Waals surface area contributed by atoms with Gasteiger partial charge in [0.05, 0.1) is 12.1 Å². The average Bonchev–Trinajstić information content (AvgIpc) is 2.85. The molecule has 0 radical (unpaired) electrons. The molecule has 8 heteroatoms. The number of aryl methyl sites for hydroxylation is 1. The van der Waals surface area contributed by atoms with Crippen LogP contribution in [0.3, 0.4) is 0 Å². The van der Waals surface area contributed by atoms with Crippen molar-refractivity contribution in [3.05, 3.63) is 45.7 Å². The molecule has 23 heavy (non-hydrogen) atoms. The molecule has 0 aliphatic rings. The first kappa shape index (κ1) is 16.8. The Morgan fingerprint density at radius 1 is 1.39 bits per heavy atom. The third-order valence-corrected chi connectivity index (χ3v) is 3.68. The van der Waals surface area contributed by atoms with Crippen LogP contribution in [0.15, 0.2) is 35.5 Å². The van der Waals surface area contributed by atoms with Gasteiger partial charge in [-0.3, -0.25) is 4.57 Å². The second kappa shape index (κ2) is 6.71. The van der Waals surface area contributed by atoms with Crippen molar-refractivity contribution in [1.82, 2.24) is 9.88 Å². The molecule has 2 aromatic rings. The fourth-order valence-electron chi connectivity index (χ4n) is 1.78. The van der Waals surface area contributed by atoms with Gasteiger partial charge in [0.2, 0.25) is 0 Å². The zero-order chi connectivity index (χ0) is 17.0. The van der Waals surface area contributed by atoms with E-state index in [4.69, 9.17) is 6.42 Å². The lowest BCUT2D eigenvalue weighted by Gasteiger charge is -2.08. The normalized spacial score (nSPS) is 12.0. The van der Waals surface area contributed by atoms with Gasteiger partial charge in [-0.2, -0.15) is 18.2 Å². The van der Waals surface area contributed by atoms with Gasteiger partial charge in [0, 0.05) is 16.8 Å². The summed E-state index contributed by atoms with van der Waals surface area (Å²) >= 11 is 1.24. The van der Waals surface area contributed by atoms with Crippen molar-refractivity contribution in [2.24, 2.45) is 4.99 Å². The Morgan fingerprint density at radius 2 is 2.04 bits per heavy atom. The summed E-state index contributed by atoms with van der Waals surface area (Å²) < 4.78 is 39.4. The number of amides is 2. The van der Waals surface area contributed by atoms with Crippen LogP contribution in [0.4, 0.5) is 18.0 Å². The monoisotopic (exact) mass is 339 g/mol. The number of hydrogen-bond donors (Lipinski definition) is 1. The standard InChI is InChI=1S/C15H12F3N3OS/c1-3-8-19-13(22)20-14-21(9-10(2)23-14)12-6-4-11(5-7-12)15(16,17)18/h1,4-7,9H,8H2,2H3,(H,19,22). The topological polar surface area (TPSA) is 46.4 Å². The summed E-state index contributed by atoms with van der Waals surface area (Å²) in [6.07, 6.45) is 2.35. The maximum absolute atomic E-state index is 12.6. The van der Waals surface area contributed by atoms with Crippen LogP contribution in [0.1, 0.15) is 10.4 Å². The van der Waals surface area contributed by atoms with Crippen molar-refractivity contribution in [3.63, 3.8) is 0 Å². The van der Waals surface area contributed by atoms with Gasteiger partial charge in [0.1, 0.15) is 0 Å². The fraction of sp³-hybridized carbons (Fsp3) is 0.200. The number of thiazole rings is 1. The van der Waals surface area contributed by atoms with Gasteiger partial charge >= 0.3 is 12.2 Å². The molecule has 2 amide bonds. The summed E-state index contributed by atoms with van der Waals surface area (Å²) in [6.45, 7) is 1.86. The second-order valence-corrected chi connectivity index (χ2v) is 5.73. The molecule has 0 unspecified atom stereocenters. The first-order valence-corrected chi connectivity index (χ1v) is 7.25. The van der Waals surface area contributed by atoms with E-state index < -0.39 is 17.8 Å². The van der Waals surface area contributed by atoms with Crippen LogP contribution in [0.25, 0.3) is 5.69 Å². The third-order valence-electron chi connectivity index (χ3n) is 2.78. The molecule has 1 aromatic heterocycles. The van der Waals surface area contributed by atoms with Crippen LogP contribution in [-0.4, -0.2) is 17.1 Å². The van der Waals surface area contributed by atoms with Gasteiger partial charge in [0.15, 0.2) is 4.80 Å². The smallest absolute Gasteiger partial charge is 0.325 e. The molecule has 0 spiro atoms. The zero-order valence-corrected chi connectivity index (χ0v) is 12.8. The number of nitrogens with zero attached hydrogens (tertiary/aromatic N) is 2. The molecule has 0 fully saturated rings. The highest BCUT2D eigenvalue weighted by atomic mass is 32.1. The summed E-state index contributed by atoms with van der Waals surface area (Å²) in [5, 5.41) is 2.40. The summed E-state index contributed by atoms with van der Waals surface area (Å²) in [6, 6.07) is 4.01. The molecule has 0 atom stereocenters. The van der Waals surface area contributed by atoms with Gasteiger partial charge in [-0.15, -0.1) is 17.8 Å². The van der Waals surface area contributed by atoms with E-state index in [0.717, 1.165) is 17.0 Å². The maximum Gasteiger partial charge on any atom is 0.416 e. The lowest BCUT2D eigenvalue weighted by Crippen LogP contribution is -2.24. The Kier molecular flexibility index (Phi) is 4.91. The van der Waals surface area contributed by atoms with Crippen molar-refractivity contribution < 1.29 is 18.0 Å². The first-order valence-electron chi connectivity index (χ1n) is 6.44. The van der Waals surface area contributed by atoms with E-state index in [-0.39, 0.29) is 6.54 Å². The molecular weight excluding hydrogens is 327 g/mol. The molecule has 1 aromatic carbocycles. The Labute approximate surface area is 134 Å². The van der Waals surface area contributed by atoms with E-state index in [1.54, 1.807) is 10.8 Å². The van der Waals surface area contributed by atoms with Crippen LogP contribution in [0.2, 0.25) is 0 Å². The molecule has 1 heterocycles. The lowest BCUT2D eigenvalue weighted by atomic mass is 10.2. The third kappa shape index (κ3) is 4.23. The molecule has 2 rings (SSSR count). The molecule has 0 bridgehead atoms. The summed E-state index contributed by atoms with van der Waals surface area (Å²) in [5.74, 6) is 2.25. The summed E-state index contributed by atoms with van der Waals surface area (Å²) in [7, 11) is 0. The van der Waals surface area contributed by atoms with Gasteiger partial charge < -0.3 is 5.32 Å². The van der Waals surface area contributed by atoms with Crippen LogP contribution in [0, 0.1) is 19.3 Å². The maximum atomic E-state index is 12.6. The second-order valence-electron chi connectivity index (χ2n) is 4.51. The largest absolute Gasteiger partial charge is 0.416 e. The highest BCUT2D eigenvalue weighted by Gasteiger charge is 2.30. The van der Waals surface area contributed by atoms with Crippen molar-refractivity contribution in [3.8, 4) is 18.0 Å². The predicted molar refractivity (Wildman–Crippen MR) is 81.2 cm³/mol. The number of terminal acetylenes is 1. The number of alkyl halides is 3. The number of urea groups is 1. The Balaban J connectivity index is 2.39. The average molecular weight is 339 g/mol. The SMILES string of the molecule is C#CCNC(=O)N=c1sc(C)cn1-c1ccc(C(F)(F)F)cc1.